The third kappa shape index (κ3) is 3.18. The standard InChI is InChI=1S/C15H17ClN4OS/c1-20(2)15-18-11(8-22-15)7-17-14(21)13-6-9-5-10(16)3-4-12(9)19-13/h3-5,8,13,19H,6-7H2,1-2H3,(H,17,21). The van der Waals surface area contributed by atoms with Crippen LogP contribution < -0.4 is 15.5 Å². The second-order valence-electron chi connectivity index (χ2n) is 5.44. The maximum Gasteiger partial charge on any atom is 0.243 e. The number of aromatic nitrogens is 1. The Morgan fingerprint density at radius 2 is 2.36 bits per heavy atom. The lowest BCUT2D eigenvalue weighted by Crippen LogP contribution is -2.38. The summed E-state index contributed by atoms with van der Waals surface area (Å²) in [5.41, 5.74) is 2.94. The Morgan fingerprint density at radius 3 is 3.09 bits per heavy atom. The van der Waals surface area contributed by atoms with E-state index in [4.69, 9.17) is 11.6 Å². The molecule has 1 aliphatic rings. The highest BCUT2D eigenvalue weighted by Gasteiger charge is 2.26. The van der Waals surface area contributed by atoms with Crippen LogP contribution in [0.3, 0.4) is 0 Å². The van der Waals surface area contributed by atoms with E-state index in [0.717, 1.165) is 22.1 Å². The molecule has 0 saturated heterocycles. The molecule has 5 nitrogen and oxygen atoms in total. The number of amides is 1. The number of rotatable bonds is 4. The number of carbonyl (C=O) groups is 1. The maximum absolute atomic E-state index is 12.3. The Morgan fingerprint density at radius 1 is 1.55 bits per heavy atom. The van der Waals surface area contributed by atoms with Crippen molar-refractivity contribution < 1.29 is 4.79 Å². The van der Waals surface area contributed by atoms with Crippen LogP contribution in [-0.2, 0) is 17.8 Å². The van der Waals surface area contributed by atoms with E-state index in [1.807, 2.05) is 42.6 Å². The summed E-state index contributed by atoms with van der Waals surface area (Å²) in [6.45, 7) is 0.443. The highest BCUT2D eigenvalue weighted by Crippen LogP contribution is 2.28. The maximum atomic E-state index is 12.3. The van der Waals surface area contributed by atoms with Crippen molar-refractivity contribution >= 4 is 39.7 Å². The molecule has 1 atom stereocenters. The Hall–Kier alpha value is -1.79. The van der Waals surface area contributed by atoms with Gasteiger partial charge in [0.2, 0.25) is 5.91 Å². The van der Waals surface area contributed by atoms with Crippen molar-refractivity contribution in [1.29, 1.82) is 0 Å². The number of thiazole rings is 1. The quantitative estimate of drug-likeness (QED) is 0.900. The van der Waals surface area contributed by atoms with Crippen LogP contribution in [0.15, 0.2) is 23.6 Å². The molecule has 0 saturated carbocycles. The van der Waals surface area contributed by atoms with Gasteiger partial charge in [-0.2, -0.15) is 0 Å². The lowest BCUT2D eigenvalue weighted by molar-refractivity contribution is -0.121. The molecular weight excluding hydrogens is 320 g/mol. The minimum absolute atomic E-state index is 0.0216. The van der Waals surface area contributed by atoms with Gasteiger partial charge in [0.1, 0.15) is 6.04 Å². The van der Waals surface area contributed by atoms with Gasteiger partial charge in [-0.3, -0.25) is 4.79 Å². The summed E-state index contributed by atoms with van der Waals surface area (Å²) in [7, 11) is 3.90. The first-order valence-electron chi connectivity index (χ1n) is 6.97. The fourth-order valence-electron chi connectivity index (χ4n) is 2.37. The van der Waals surface area contributed by atoms with E-state index in [1.54, 1.807) is 11.3 Å². The Kier molecular flexibility index (Phi) is 4.22. The predicted molar refractivity (Wildman–Crippen MR) is 90.9 cm³/mol. The van der Waals surface area contributed by atoms with Crippen molar-refractivity contribution in [2.75, 3.05) is 24.3 Å². The molecule has 1 aromatic heterocycles. The zero-order valence-electron chi connectivity index (χ0n) is 12.4. The molecule has 0 aliphatic carbocycles. The van der Waals surface area contributed by atoms with E-state index in [2.05, 4.69) is 15.6 Å². The van der Waals surface area contributed by atoms with E-state index in [0.29, 0.717) is 18.0 Å². The van der Waals surface area contributed by atoms with Gasteiger partial charge in [-0.15, -0.1) is 11.3 Å². The predicted octanol–water partition coefficient (Wildman–Crippen LogP) is 2.52. The molecular formula is C15H17ClN4OS. The second kappa shape index (κ2) is 6.14. The monoisotopic (exact) mass is 336 g/mol. The molecule has 1 amide bonds. The van der Waals surface area contributed by atoms with Crippen LogP contribution in [0.2, 0.25) is 5.02 Å². The van der Waals surface area contributed by atoms with E-state index in [1.165, 1.54) is 0 Å². The summed E-state index contributed by atoms with van der Waals surface area (Å²) >= 11 is 7.55. The summed E-state index contributed by atoms with van der Waals surface area (Å²) in [4.78, 5) is 18.7. The molecule has 2 heterocycles. The van der Waals surface area contributed by atoms with Crippen LogP contribution in [0.4, 0.5) is 10.8 Å². The van der Waals surface area contributed by atoms with E-state index in [-0.39, 0.29) is 11.9 Å². The molecule has 1 aliphatic heterocycles. The average Bonchev–Trinajstić information content (AvgIpc) is 3.10. The molecule has 22 heavy (non-hydrogen) atoms. The van der Waals surface area contributed by atoms with Gasteiger partial charge in [-0.1, -0.05) is 11.6 Å². The van der Waals surface area contributed by atoms with Crippen molar-refractivity contribution in [3.63, 3.8) is 0 Å². The summed E-state index contributed by atoms with van der Waals surface area (Å²) < 4.78 is 0. The molecule has 7 heteroatoms. The van der Waals surface area contributed by atoms with Crippen molar-refractivity contribution in [3.8, 4) is 0 Å². The van der Waals surface area contributed by atoms with E-state index < -0.39 is 0 Å². The van der Waals surface area contributed by atoms with Gasteiger partial charge >= 0.3 is 0 Å². The highest BCUT2D eigenvalue weighted by atomic mass is 35.5. The van der Waals surface area contributed by atoms with Gasteiger partial charge < -0.3 is 15.5 Å². The number of halogens is 1. The minimum Gasteiger partial charge on any atom is -0.373 e. The van der Waals surface area contributed by atoms with E-state index in [9.17, 15) is 4.79 Å². The van der Waals surface area contributed by atoms with Gasteiger partial charge in [0.15, 0.2) is 5.13 Å². The lowest BCUT2D eigenvalue weighted by Gasteiger charge is -2.11. The third-order valence-corrected chi connectivity index (χ3v) is 4.80. The Labute approximate surface area is 138 Å². The third-order valence-electron chi connectivity index (χ3n) is 3.50. The molecule has 0 fully saturated rings. The largest absolute Gasteiger partial charge is 0.373 e. The molecule has 0 bridgehead atoms. The topological polar surface area (TPSA) is 57.3 Å². The smallest absolute Gasteiger partial charge is 0.243 e. The van der Waals surface area contributed by atoms with Crippen molar-refractivity contribution in [2.45, 2.75) is 19.0 Å². The number of carbonyl (C=O) groups excluding carboxylic acids is 1. The fraction of sp³-hybridized carbons (Fsp3) is 0.333. The second-order valence-corrected chi connectivity index (χ2v) is 6.71. The molecule has 2 aromatic rings. The van der Waals surface area contributed by atoms with Crippen LogP contribution in [0.1, 0.15) is 11.3 Å². The van der Waals surface area contributed by atoms with Gasteiger partial charge in [0, 0.05) is 36.6 Å². The normalized spacial score (nSPS) is 16.0. The SMILES string of the molecule is CN(C)c1nc(CNC(=O)C2Cc3cc(Cl)ccc3N2)cs1. The molecule has 2 N–H and O–H groups in total. The first kappa shape index (κ1) is 15.1. The fourth-order valence-corrected chi connectivity index (χ4v) is 3.33. The van der Waals surface area contributed by atoms with E-state index >= 15 is 0 Å². The highest BCUT2D eigenvalue weighted by molar-refractivity contribution is 7.13. The molecule has 116 valence electrons. The number of nitrogens with one attached hydrogen (secondary N) is 2. The summed E-state index contributed by atoms with van der Waals surface area (Å²) in [5, 5.41) is 9.75. The average molecular weight is 337 g/mol. The van der Waals surface area contributed by atoms with Crippen molar-refractivity contribution in [3.05, 3.63) is 39.9 Å². The van der Waals surface area contributed by atoms with Gasteiger partial charge in [0.05, 0.1) is 12.2 Å². The van der Waals surface area contributed by atoms with Crippen LogP contribution in [0.5, 0.6) is 0 Å². The Bertz CT molecular complexity index is 701. The lowest BCUT2D eigenvalue weighted by atomic mass is 10.1. The zero-order chi connectivity index (χ0) is 15.7. The number of fused-ring (bicyclic) bond motifs is 1. The van der Waals surface area contributed by atoms with Gasteiger partial charge in [-0.25, -0.2) is 4.98 Å². The zero-order valence-corrected chi connectivity index (χ0v) is 14.0. The molecule has 0 radical (unpaired) electrons. The summed E-state index contributed by atoms with van der Waals surface area (Å²) in [6.07, 6.45) is 0.655. The minimum atomic E-state index is -0.250. The van der Waals surface area contributed by atoms with Crippen LogP contribution in [0.25, 0.3) is 0 Å². The first-order chi connectivity index (χ1) is 10.5. The van der Waals surface area contributed by atoms with Gasteiger partial charge in [-0.05, 0) is 23.8 Å². The number of nitrogens with zero attached hydrogens (tertiary/aromatic N) is 2. The molecule has 0 spiro atoms. The summed E-state index contributed by atoms with van der Waals surface area (Å²) in [6, 6.07) is 5.39. The molecule has 1 aromatic carbocycles. The molecule has 3 rings (SSSR count). The Balaban J connectivity index is 1.57. The number of hydrogen-bond acceptors (Lipinski definition) is 5. The molecule has 1 unspecified atom stereocenters. The number of anilines is 2. The summed E-state index contributed by atoms with van der Waals surface area (Å²) in [5.74, 6) is -0.0216. The van der Waals surface area contributed by atoms with Crippen LogP contribution in [-0.4, -0.2) is 31.0 Å². The van der Waals surface area contributed by atoms with Crippen molar-refractivity contribution in [2.24, 2.45) is 0 Å². The number of hydrogen-bond donors (Lipinski definition) is 2. The van der Waals surface area contributed by atoms with Crippen LogP contribution in [0, 0.1) is 0 Å². The van der Waals surface area contributed by atoms with Crippen LogP contribution >= 0.6 is 22.9 Å². The number of benzene rings is 1. The van der Waals surface area contributed by atoms with Crippen molar-refractivity contribution in [1.82, 2.24) is 10.3 Å². The first-order valence-corrected chi connectivity index (χ1v) is 8.23. The van der Waals surface area contributed by atoms with Gasteiger partial charge in [0.25, 0.3) is 0 Å².